The number of rotatable bonds is 4. The number of carbonyl (C=O) groups excluding carboxylic acids is 2. The third kappa shape index (κ3) is 6.29. The zero-order valence-corrected chi connectivity index (χ0v) is 25.9. The van der Waals surface area contributed by atoms with E-state index in [-0.39, 0.29) is 22.8 Å². The third-order valence-electron chi connectivity index (χ3n) is 5.86. The molecule has 4 aromatic heterocycles. The van der Waals surface area contributed by atoms with E-state index in [1.807, 2.05) is 40.8 Å². The minimum Gasteiger partial charge on any atom is -0.462 e. The van der Waals surface area contributed by atoms with Crippen molar-refractivity contribution in [2.45, 2.75) is 80.1 Å². The molecule has 10 nitrogen and oxygen atoms in total. The van der Waals surface area contributed by atoms with Gasteiger partial charge in [0.2, 0.25) is 0 Å². The van der Waals surface area contributed by atoms with Crippen molar-refractivity contribution in [1.29, 1.82) is 0 Å². The van der Waals surface area contributed by atoms with Crippen molar-refractivity contribution in [3.63, 3.8) is 0 Å². The third-order valence-corrected chi connectivity index (χ3v) is 6.77. The van der Waals surface area contributed by atoms with Gasteiger partial charge in [0, 0.05) is 11.1 Å². The van der Waals surface area contributed by atoms with Gasteiger partial charge in [-0.05, 0) is 54.5 Å². The number of hydrogen-bond donors (Lipinski definition) is 0. The summed E-state index contributed by atoms with van der Waals surface area (Å²) in [6.45, 7) is 20.4. The number of ether oxygens (including phenoxy) is 2. The molecule has 11 heteroatoms. The van der Waals surface area contributed by atoms with Gasteiger partial charge in [-0.15, -0.1) is 0 Å². The molecular weight excluding hydrogens is 564 g/mol. The predicted octanol–water partition coefficient (Wildman–Crippen LogP) is 5.79. The van der Waals surface area contributed by atoms with Crippen LogP contribution < -0.4 is 0 Å². The highest BCUT2D eigenvalue weighted by atomic mass is 79.9. The number of aryl methyl sites for hydroxylation is 2. The van der Waals surface area contributed by atoms with Crippen LogP contribution in [0.5, 0.6) is 0 Å². The van der Waals surface area contributed by atoms with Crippen LogP contribution in [0.4, 0.5) is 0 Å². The van der Waals surface area contributed by atoms with Crippen LogP contribution in [-0.2, 0) is 20.3 Å². The fourth-order valence-electron chi connectivity index (χ4n) is 4.32. The van der Waals surface area contributed by atoms with Crippen LogP contribution in [-0.4, -0.2) is 54.3 Å². The van der Waals surface area contributed by atoms with Gasteiger partial charge >= 0.3 is 11.9 Å². The summed E-state index contributed by atoms with van der Waals surface area (Å²) in [6.07, 6.45) is 4.96. The lowest BCUT2D eigenvalue weighted by atomic mass is 9.85. The molecule has 0 aliphatic rings. The first-order valence-corrected chi connectivity index (χ1v) is 13.6. The highest BCUT2D eigenvalue weighted by Gasteiger charge is 2.29. The Hall–Kier alpha value is -3.34. The molecule has 0 bridgehead atoms. The topological polar surface area (TPSA) is 113 Å². The van der Waals surface area contributed by atoms with Crippen molar-refractivity contribution in [2.75, 3.05) is 13.2 Å². The van der Waals surface area contributed by atoms with Gasteiger partial charge in [-0.3, -0.25) is 0 Å². The second-order valence-corrected chi connectivity index (χ2v) is 11.9. The molecule has 0 spiro atoms. The number of halogens is 1. The molecule has 4 heterocycles. The lowest BCUT2D eigenvalue weighted by Crippen LogP contribution is -2.21. The first-order valence-electron chi connectivity index (χ1n) is 12.9. The van der Waals surface area contributed by atoms with Crippen LogP contribution in [0.3, 0.4) is 0 Å². The average Bonchev–Trinajstić information content (AvgIpc) is 3.34. The molecule has 0 radical (unpaired) electrons. The Bertz CT molecular complexity index is 1530. The Morgan fingerprint density at radius 2 is 1.31 bits per heavy atom. The molecule has 39 heavy (non-hydrogen) atoms. The molecule has 0 aromatic carbocycles. The molecule has 0 amide bonds. The number of carbonyl (C=O) groups is 2. The zero-order valence-electron chi connectivity index (χ0n) is 24.3. The van der Waals surface area contributed by atoms with E-state index in [2.05, 4.69) is 56.9 Å². The van der Waals surface area contributed by atoms with Crippen molar-refractivity contribution < 1.29 is 19.1 Å². The van der Waals surface area contributed by atoms with Crippen molar-refractivity contribution in [3.05, 3.63) is 56.8 Å². The van der Waals surface area contributed by atoms with Crippen molar-refractivity contribution >= 4 is 39.2 Å². The van der Waals surface area contributed by atoms with Gasteiger partial charge in [0.1, 0.15) is 4.60 Å². The van der Waals surface area contributed by atoms with E-state index in [1.54, 1.807) is 35.3 Å². The largest absolute Gasteiger partial charge is 0.462 e. The maximum absolute atomic E-state index is 12.1. The van der Waals surface area contributed by atoms with Crippen molar-refractivity contribution in [1.82, 2.24) is 29.2 Å². The molecule has 4 rings (SSSR count). The van der Waals surface area contributed by atoms with Crippen molar-refractivity contribution in [3.8, 4) is 0 Å². The lowest BCUT2D eigenvalue weighted by molar-refractivity contribution is 0.0513. The first-order chi connectivity index (χ1) is 18.1. The van der Waals surface area contributed by atoms with Crippen LogP contribution in [0, 0.1) is 13.8 Å². The highest BCUT2D eigenvalue weighted by molar-refractivity contribution is 9.10. The number of hydrogen-bond acceptors (Lipinski definition) is 8. The van der Waals surface area contributed by atoms with Gasteiger partial charge in [-0.2, -0.15) is 10.2 Å². The van der Waals surface area contributed by atoms with Gasteiger partial charge in [0.25, 0.3) is 0 Å². The van der Waals surface area contributed by atoms with Gasteiger partial charge in [-0.1, -0.05) is 41.5 Å². The average molecular weight is 602 g/mol. The van der Waals surface area contributed by atoms with E-state index in [4.69, 9.17) is 9.47 Å². The summed E-state index contributed by atoms with van der Waals surface area (Å²) in [4.78, 5) is 33.2. The molecule has 0 saturated heterocycles. The standard InChI is InChI=1S/C14H18BrN3O2.C14H19N3O2/c1-6-20-13(19)9-7-16-18-11(15)8(2)17-12(18)10(9)14(3,4)5;1-6-19-13(18)10-7-15-17-8-9(2)16-12(17)11(10)14(3,4)5/h7H,6H2,1-5H3;7-8H,6H2,1-5H3. The van der Waals surface area contributed by atoms with Gasteiger partial charge in [0.15, 0.2) is 11.3 Å². The summed E-state index contributed by atoms with van der Waals surface area (Å²) in [5, 5.41) is 8.52. The SMILES string of the molecule is CCOC(=O)c1cnn2c(Br)c(C)nc2c1C(C)(C)C.CCOC(=O)c1cnn2cc(C)nc2c1C(C)(C)C. The van der Waals surface area contributed by atoms with Crippen LogP contribution in [0.25, 0.3) is 11.3 Å². The Labute approximate surface area is 237 Å². The van der Waals surface area contributed by atoms with E-state index in [0.717, 1.165) is 32.8 Å². The maximum atomic E-state index is 12.1. The summed E-state index contributed by atoms with van der Waals surface area (Å²) >= 11 is 3.47. The molecule has 0 aliphatic heterocycles. The fraction of sp³-hybridized carbons (Fsp3) is 0.500. The Kier molecular flexibility index (Phi) is 8.84. The van der Waals surface area contributed by atoms with E-state index >= 15 is 0 Å². The first kappa shape index (κ1) is 30.2. The normalized spacial score (nSPS) is 11.9. The zero-order chi connectivity index (χ0) is 29.3. The molecule has 0 unspecified atom stereocenters. The summed E-state index contributed by atoms with van der Waals surface area (Å²) in [7, 11) is 0. The van der Waals surface area contributed by atoms with E-state index in [9.17, 15) is 9.59 Å². The molecule has 210 valence electrons. The highest BCUT2D eigenvalue weighted by Crippen LogP contribution is 2.32. The monoisotopic (exact) mass is 600 g/mol. The van der Waals surface area contributed by atoms with Gasteiger partial charge in [-0.25, -0.2) is 28.6 Å². The smallest absolute Gasteiger partial charge is 0.340 e. The number of imidazole rings is 2. The summed E-state index contributed by atoms with van der Waals surface area (Å²) in [6, 6.07) is 0. The van der Waals surface area contributed by atoms with Crippen LogP contribution in [0.1, 0.15) is 98.6 Å². The molecule has 0 fully saturated rings. The van der Waals surface area contributed by atoms with Crippen LogP contribution in [0.15, 0.2) is 23.2 Å². The summed E-state index contributed by atoms with van der Waals surface area (Å²) < 4.78 is 14.4. The molecule has 0 aliphatic carbocycles. The Balaban J connectivity index is 0.000000216. The van der Waals surface area contributed by atoms with Crippen molar-refractivity contribution in [2.24, 2.45) is 0 Å². The van der Waals surface area contributed by atoms with E-state index in [0.29, 0.717) is 30.0 Å². The molecule has 4 aromatic rings. The maximum Gasteiger partial charge on any atom is 0.340 e. The van der Waals surface area contributed by atoms with Crippen LogP contribution >= 0.6 is 15.9 Å². The predicted molar refractivity (Wildman–Crippen MR) is 152 cm³/mol. The molecule has 0 atom stereocenters. The lowest BCUT2D eigenvalue weighted by Gasteiger charge is -2.22. The Morgan fingerprint density at radius 3 is 1.79 bits per heavy atom. The van der Waals surface area contributed by atoms with E-state index in [1.165, 1.54) is 0 Å². The molecular formula is C28H37BrN6O4. The van der Waals surface area contributed by atoms with Gasteiger partial charge < -0.3 is 9.47 Å². The number of aromatic nitrogens is 6. The molecule has 0 saturated carbocycles. The molecule has 0 N–H and O–H groups in total. The summed E-state index contributed by atoms with van der Waals surface area (Å²) in [5.74, 6) is -0.702. The minimum atomic E-state index is -0.357. The quantitative estimate of drug-likeness (QED) is 0.271. The number of fused-ring (bicyclic) bond motifs is 2. The summed E-state index contributed by atoms with van der Waals surface area (Å²) in [5.41, 5.74) is 5.34. The van der Waals surface area contributed by atoms with E-state index < -0.39 is 0 Å². The Morgan fingerprint density at radius 1 is 0.821 bits per heavy atom. The second kappa shape index (κ2) is 11.4. The number of nitrogens with zero attached hydrogens (tertiary/aromatic N) is 6. The minimum absolute atomic E-state index is 0.218. The fourth-order valence-corrected chi connectivity index (χ4v) is 4.67. The van der Waals surface area contributed by atoms with Crippen LogP contribution in [0.2, 0.25) is 0 Å². The second-order valence-electron chi connectivity index (χ2n) is 11.2. The number of esters is 2. The van der Waals surface area contributed by atoms with Gasteiger partial charge in [0.05, 0.1) is 54.3 Å².